The van der Waals surface area contributed by atoms with Crippen LogP contribution in [0, 0.1) is 0 Å². The molecule has 0 aliphatic carbocycles. The Balaban J connectivity index is 2.14. The molecule has 2 aromatic rings. The largest absolute Gasteiger partial charge is 0.493 e. The molecule has 0 amide bonds. The van der Waals surface area contributed by atoms with Crippen LogP contribution in [-0.2, 0) is 6.54 Å². The molecular formula is C16H18BrNO2. The van der Waals surface area contributed by atoms with Gasteiger partial charge in [0.15, 0.2) is 11.5 Å². The predicted molar refractivity (Wildman–Crippen MR) is 85.6 cm³/mol. The highest BCUT2D eigenvalue weighted by atomic mass is 79.9. The van der Waals surface area contributed by atoms with E-state index in [9.17, 15) is 0 Å². The van der Waals surface area contributed by atoms with Crippen LogP contribution in [0.25, 0.3) is 0 Å². The lowest BCUT2D eigenvalue weighted by Gasteiger charge is -2.15. The Morgan fingerprint density at radius 2 is 1.85 bits per heavy atom. The summed E-state index contributed by atoms with van der Waals surface area (Å²) in [6.45, 7) is 3.28. The van der Waals surface area contributed by atoms with E-state index in [2.05, 4.69) is 21.2 Å². The van der Waals surface area contributed by atoms with E-state index >= 15 is 0 Å². The standard InChI is InChI=1S/C16H18BrNO2/c1-3-20-16-12(5-4-6-15(16)19-2)11-18-14-9-7-13(17)8-10-14/h4-10,18H,3,11H2,1-2H3. The third-order valence-electron chi connectivity index (χ3n) is 2.90. The van der Waals surface area contributed by atoms with Crippen LogP contribution in [0.2, 0.25) is 0 Å². The minimum Gasteiger partial charge on any atom is -0.493 e. The van der Waals surface area contributed by atoms with Crippen molar-refractivity contribution in [1.82, 2.24) is 0 Å². The van der Waals surface area contributed by atoms with Crippen molar-refractivity contribution < 1.29 is 9.47 Å². The Morgan fingerprint density at radius 1 is 1.10 bits per heavy atom. The molecule has 3 nitrogen and oxygen atoms in total. The molecule has 0 aliphatic rings. The number of anilines is 1. The van der Waals surface area contributed by atoms with Gasteiger partial charge in [-0.1, -0.05) is 28.1 Å². The average molecular weight is 336 g/mol. The van der Waals surface area contributed by atoms with Crippen LogP contribution in [-0.4, -0.2) is 13.7 Å². The molecule has 4 heteroatoms. The van der Waals surface area contributed by atoms with Gasteiger partial charge in [-0.3, -0.25) is 0 Å². The van der Waals surface area contributed by atoms with Gasteiger partial charge in [-0.05, 0) is 37.3 Å². The highest BCUT2D eigenvalue weighted by molar-refractivity contribution is 9.10. The van der Waals surface area contributed by atoms with Crippen molar-refractivity contribution >= 4 is 21.6 Å². The molecule has 2 aromatic carbocycles. The van der Waals surface area contributed by atoms with Gasteiger partial charge in [-0.25, -0.2) is 0 Å². The van der Waals surface area contributed by atoms with Gasteiger partial charge in [-0.2, -0.15) is 0 Å². The molecule has 0 aliphatic heterocycles. The molecule has 0 unspecified atom stereocenters. The fourth-order valence-corrected chi connectivity index (χ4v) is 2.20. The summed E-state index contributed by atoms with van der Waals surface area (Å²) in [6.07, 6.45) is 0. The van der Waals surface area contributed by atoms with E-state index in [0.717, 1.165) is 27.2 Å². The van der Waals surface area contributed by atoms with Gasteiger partial charge in [0, 0.05) is 22.3 Å². The van der Waals surface area contributed by atoms with Crippen LogP contribution in [0.1, 0.15) is 12.5 Å². The van der Waals surface area contributed by atoms with Crippen molar-refractivity contribution in [2.45, 2.75) is 13.5 Å². The van der Waals surface area contributed by atoms with E-state index in [-0.39, 0.29) is 0 Å². The first-order chi connectivity index (χ1) is 9.74. The molecule has 0 heterocycles. The predicted octanol–water partition coefficient (Wildman–Crippen LogP) is 4.47. The summed E-state index contributed by atoms with van der Waals surface area (Å²) >= 11 is 3.43. The van der Waals surface area contributed by atoms with E-state index < -0.39 is 0 Å². The summed E-state index contributed by atoms with van der Waals surface area (Å²) in [5, 5.41) is 3.38. The first-order valence-electron chi connectivity index (χ1n) is 6.52. The highest BCUT2D eigenvalue weighted by Gasteiger charge is 2.09. The molecule has 0 spiro atoms. The van der Waals surface area contributed by atoms with Gasteiger partial charge in [0.2, 0.25) is 0 Å². The Bertz CT molecular complexity index is 555. The maximum Gasteiger partial charge on any atom is 0.166 e. The summed E-state index contributed by atoms with van der Waals surface area (Å²) in [4.78, 5) is 0. The molecule has 20 heavy (non-hydrogen) atoms. The number of hydrogen-bond donors (Lipinski definition) is 1. The average Bonchev–Trinajstić information content (AvgIpc) is 2.48. The van der Waals surface area contributed by atoms with E-state index in [1.165, 1.54) is 0 Å². The van der Waals surface area contributed by atoms with Crippen LogP contribution in [0.5, 0.6) is 11.5 Å². The molecule has 1 N–H and O–H groups in total. The molecule has 0 saturated carbocycles. The van der Waals surface area contributed by atoms with Crippen LogP contribution in [0.4, 0.5) is 5.69 Å². The van der Waals surface area contributed by atoms with Crippen molar-refractivity contribution in [3.8, 4) is 11.5 Å². The van der Waals surface area contributed by atoms with E-state index in [4.69, 9.17) is 9.47 Å². The normalized spacial score (nSPS) is 10.2. The SMILES string of the molecule is CCOc1c(CNc2ccc(Br)cc2)cccc1OC. The molecular weight excluding hydrogens is 318 g/mol. The Labute approximate surface area is 128 Å². The third kappa shape index (κ3) is 3.67. The second-order valence-corrected chi connectivity index (χ2v) is 5.16. The number of benzene rings is 2. The minimum absolute atomic E-state index is 0.617. The minimum atomic E-state index is 0.617. The van der Waals surface area contributed by atoms with Gasteiger partial charge >= 0.3 is 0 Å². The van der Waals surface area contributed by atoms with Crippen molar-refractivity contribution in [3.05, 3.63) is 52.5 Å². The van der Waals surface area contributed by atoms with E-state index in [0.29, 0.717) is 13.2 Å². The molecule has 0 fully saturated rings. The first-order valence-corrected chi connectivity index (χ1v) is 7.32. The van der Waals surface area contributed by atoms with Crippen molar-refractivity contribution in [2.24, 2.45) is 0 Å². The quantitative estimate of drug-likeness (QED) is 0.844. The summed E-state index contributed by atoms with van der Waals surface area (Å²) in [6, 6.07) is 14.0. The Morgan fingerprint density at radius 3 is 2.50 bits per heavy atom. The van der Waals surface area contributed by atoms with Gasteiger partial charge in [0.25, 0.3) is 0 Å². The zero-order valence-electron chi connectivity index (χ0n) is 11.7. The number of ether oxygens (including phenoxy) is 2. The van der Waals surface area contributed by atoms with Gasteiger partial charge in [-0.15, -0.1) is 0 Å². The van der Waals surface area contributed by atoms with Gasteiger partial charge < -0.3 is 14.8 Å². The molecule has 0 bridgehead atoms. The zero-order valence-corrected chi connectivity index (χ0v) is 13.2. The number of para-hydroxylation sites is 1. The second kappa shape index (κ2) is 7.20. The number of hydrogen-bond acceptors (Lipinski definition) is 3. The lowest BCUT2D eigenvalue weighted by atomic mass is 10.1. The Kier molecular flexibility index (Phi) is 5.30. The summed E-state index contributed by atoms with van der Waals surface area (Å²) in [5.74, 6) is 1.57. The smallest absolute Gasteiger partial charge is 0.166 e. The summed E-state index contributed by atoms with van der Waals surface area (Å²) in [7, 11) is 1.66. The molecule has 0 radical (unpaired) electrons. The maximum absolute atomic E-state index is 5.69. The second-order valence-electron chi connectivity index (χ2n) is 4.24. The number of methoxy groups -OCH3 is 1. The number of rotatable bonds is 6. The van der Waals surface area contributed by atoms with E-state index in [1.807, 2.05) is 49.4 Å². The first kappa shape index (κ1) is 14.7. The van der Waals surface area contributed by atoms with Crippen molar-refractivity contribution in [1.29, 1.82) is 0 Å². The fourth-order valence-electron chi connectivity index (χ4n) is 1.93. The maximum atomic E-state index is 5.69. The van der Waals surface area contributed by atoms with Crippen molar-refractivity contribution in [3.63, 3.8) is 0 Å². The van der Waals surface area contributed by atoms with Crippen LogP contribution in [0.3, 0.4) is 0 Å². The summed E-state index contributed by atoms with van der Waals surface area (Å²) < 4.78 is 12.1. The lowest BCUT2D eigenvalue weighted by Crippen LogP contribution is -2.04. The Hall–Kier alpha value is -1.68. The van der Waals surface area contributed by atoms with Gasteiger partial charge in [0.1, 0.15) is 0 Å². The van der Waals surface area contributed by atoms with Crippen LogP contribution >= 0.6 is 15.9 Å². The van der Waals surface area contributed by atoms with Crippen LogP contribution < -0.4 is 14.8 Å². The van der Waals surface area contributed by atoms with Gasteiger partial charge in [0.05, 0.1) is 13.7 Å². The molecule has 0 aromatic heterocycles. The number of nitrogens with one attached hydrogen (secondary N) is 1. The highest BCUT2D eigenvalue weighted by Crippen LogP contribution is 2.31. The van der Waals surface area contributed by atoms with Crippen molar-refractivity contribution in [2.75, 3.05) is 19.0 Å². The van der Waals surface area contributed by atoms with E-state index in [1.54, 1.807) is 7.11 Å². The summed E-state index contributed by atoms with van der Waals surface area (Å²) in [5.41, 5.74) is 2.15. The lowest BCUT2D eigenvalue weighted by molar-refractivity contribution is 0.308. The number of halogens is 1. The fraction of sp³-hybridized carbons (Fsp3) is 0.250. The molecule has 0 atom stereocenters. The molecule has 2 rings (SSSR count). The third-order valence-corrected chi connectivity index (χ3v) is 3.42. The topological polar surface area (TPSA) is 30.5 Å². The zero-order chi connectivity index (χ0) is 14.4. The molecule has 0 saturated heterocycles. The monoisotopic (exact) mass is 335 g/mol. The molecule has 106 valence electrons. The van der Waals surface area contributed by atoms with Crippen LogP contribution in [0.15, 0.2) is 46.9 Å².